The van der Waals surface area contributed by atoms with Crippen LogP contribution < -0.4 is 0 Å². The predicted molar refractivity (Wildman–Crippen MR) is 78.4 cm³/mol. The minimum absolute atomic E-state index is 0.312. The topological polar surface area (TPSA) is 17.1 Å². The molecule has 0 bridgehead atoms. The minimum atomic E-state index is 0.312. The van der Waals surface area contributed by atoms with E-state index in [1.54, 1.807) is 0 Å². The van der Waals surface area contributed by atoms with E-state index >= 15 is 0 Å². The fourth-order valence-corrected chi connectivity index (χ4v) is 2.28. The van der Waals surface area contributed by atoms with Crippen molar-refractivity contribution in [2.75, 3.05) is 0 Å². The molecule has 18 heavy (non-hydrogen) atoms. The number of unbranched alkanes of at least 4 members (excludes halogenated alkanes) is 4. The molecule has 1 heteroatoms. The van der Waals surface area contributed by atoms with Gasteiger partial charge in [-0.05, 0) is 49.9 Å². The minimum Gasteiger partial charge on any atom is -0.294 e. The second kappa shape index (κ2) is 7.35. The van der Waals surface area contributed by atoms with E-state index in [1.807, 2.05) is 6.92 Å². The fraction of sp³-hybridized carbons (Fsp3) is 0.588. The molecule has 100 valence electrons. The van der Waals surface area contributed by atoms with E-state index in [0.29, 0.717) is 12.2 Å². The second-order valence-electron chi connectivity index (χ2n) is 5.34. The van der Waals surface area contributed by atoms with Crippen LogP contribution in [0.1, 0.15) is 72.5 Å². The van der Waals surface area contributed by atoms with Crippen molar-refractivity contribution in [3.63, 3.8) is 0 Å². The molecule has 1 aromatic carbocycles. The van der Waals surface area contributed by atoms with Gasteiger partial charge in [0, 0.05) is 12.0 Å². The molecule has 0 saturated heterocycles. The summed E-state index contributed by atoms with van der Waals surface area (Å²) in [4.78, 5) is 12.2. The lowest BCUT2D eigenvalue weighted by Gasteiger charge is -2.09. The molecule has 0 radical (unpaired) electrons. The van der Waals surface area contributed by atoms with Crippen LogP contribution in [0.4, 0.5) is 0 Å². The normalized spacial score (nSPS) is 10.7. The van der Waals surface area contributed by atoms with Crippen LogP contribution in [0.2, 0.25) is 0 Å². The Morgan fingerprint density at radius 3 is 2.17 bits per heavy atom. The molecule has 0 fully saturated rings. The Morgan fingerprint density at radius 1 is 0.889 bits per heavy atom. The lowest BCUT2D eigenvalue weighted by molar-refractivity contribution is 0.0978. The molecule has 0 saturated carbocycles. The van der Waals surface area contributed by atoms with Crippen LogP contribution in [-0.2, 0) is 0 Å². The van der Waals surface area contributed by atoms with Gasteiger partial charge in [0.1, 0.15) is 0 Å². The quantitative estimate of drug-likeness (QED) is 0.480. The Hall–Kier alpha value is -1.11. The molecule has 1 rings (SSSR count). The first-order valence-corrected chi connectivity index (χ1v) is 7.17. The van der Waals surface area contributed by atoms with Crippen LogP contribution in [0.5, 0.6) is 0 Å². The lowest BCUT2D eigenvalue weighted by atomic mass is 9.95. The van der Waals surface area contributed by atoms with Gasteiger partial charge in [0.05, 0.1) is 0 Å². The zero-order valence-electron chi connectivity index (χ0n) is 12.3. The van der Waals surface area contributed by atoms with Crippen molar-refractivity contribution in [1.29, 1.82) is 0 Å². The Kier molecular flexibility index (Phi) is 6.11. The van der Waals surface area contributed by atoms with Crippen LogP contribution >= 0.6 is 0 Å². The maximum Gasteiger partial charge on any atom is 0.163 e. The summed E-state index contributed by atoms with van der Waals surface area (Å²) in [5.74, 6) is 0.312. The van der Waals surface area contributed by atoms with Crippen molar-refractivity contribution in [3.05, 3.63) is 34.4 Å². The number of aryl methyl sites for hydroxylation is 3. The third kappa shape index (κ3) is 4.29. The van der Waals surface area contributed by atoms with E-state index in [0.717, 1.165) is 17.5 Å². The molecule has 0 aliphatic rings. The van der Waals surface area contributed by atoms with Gasteiger partial charge in [-0.1, -0.05) is 38.7 Å². The average molecular weight is 246 g/mol. The van der Waals surface area contributed by atoms with E-state index < -0.39 is 0 Å². The third-order valence-corrected chi connectivity index (χ3v) is 3.65. The van der Waals surface area contributed by atoms with Crippen LogP contribution in [0.15, 0.2) is 12.1 Å². The van der Waals surface area contributed by atoms with E-state index in [9.17, 15) is 4.79 Å². The molecule has 0 amide bonds. The Morgan fingerprint density at radius 2 is 1.50 bits per heavy atom. The van der Waals surface area contributed by atoms with E-state index in [2.05, 4.69) is 32.9 Å². The zero-order valence-corrected chi connectivity index (χ0v) is 12.3. The van der Waals surface area contributed by atoms with Crippen LogP contribution in [0, 0.1) is 20.8 Å². The maximum absolute atomic E-state index is 12.2. The Balaban J connectivity index is 2.54. The fourth-order valence-electron chi connectivity index (χ4n) is 2.28. The van der Waals surface area contributed by atoms with E-state index in [1.165, 1.54) is 36.8 Å². The lowest BCUT2D eigenvalue weighted by Crippen LogP contribution is -2.03. The first-order valence-electron chi connectivity index (χ1n) is 7.17. The van der Waals surface area contributed by atoms with E-state index in [4.69, 9.17) is 0 Å². The monoisotopic (exact) mass is 246 g/mol. The summed E-state index contributed by atoms with van der Waals surface area (Å²) in [6.07, 6.45) is 6.72. The summed E-state index contributed by atoms with van der Waals surface area (Å²) in [5, 5.41) is 0. The van der Waals surface area contributed by atoms with Gasteiger partial charge >= 0.3 is 0 Å². The third-order valence-electron chi connectivity index (χ3n) is 3.65. The number of Topliss-reactive ketones (excluding diaryl/α,β-unsaturated/α-hetero) is 1. The summed E-state index contributed by atoms with van der Waals surface area (Å²) in [6.45, 7) is 8.43. The van der Waals surface area contributed by atoms with Gasteiger partial charge in [0.2, 0.25) is 0 Å². The second-order valence-corrected chi connectivity index (χ2v) is 5.34. The van der Waals surface area contributed by atoms with Gasteiger partial charge in [0.25, 0.3) is 0 Å². The number of carbonyl (C=O) groups is 1. The number of carbonyl (C=O) groups excluding carboxylic acids is 1. The molecular weight excluding hydrogens is 220 g/mol. The largest absolute Gasteiger partial charge is 0.294 e. The molecule has 1 nitrogen and oxygen atoms in total. The highest BCUT2D eigenvalue weighted by atomic mass is 16.1. The number of benzene rings is 1. The first-order chi connectivity index (χ1) is 8.56. The molecule has 0 spiro atoms. The van der Waals surface area contributed by atoms with Crippen LogP contribution in [0.25, 0.3) is 0 Å². The molecule has 0 aliphatic heterocycles. The molecule has 0 atom stereocenters. The van der Waals surface area contributed by atoms with Crippen LogP contribution in [0.3, 0.4) is 0 Å². The van der Waals surface area contributed by atoms with Gasteiger partial charge in [-0.25, -0.2) is 0 Å². The summed E-state index contributed by atoms with van der Waals surface area (Å²) >= 11 is 0. The van der Waals surface area contributed by atoms with Crippen molar-refractivity contribution in [1.82, 2.24) is 0 Å². The molecule has 1 aromatic rings. The molecule has 0 aromatic heterocycles. The molecular formula is C17H26O. The molecule has 0 heterocycles. The number of ketones is 1. The summed E-state index contributed by atoms with van der Waals surface area (Å²) in [6, 6.07) is 4.18. The average Bonchev–Trinajstić information content (AvgIpc) is 2.33. The highest BCUT2D eigenvalue weighted by molar-refractivity contribution is 5.97. The first kappa shape index (κ1) is 14.9. The van der Waals surface area contributed by atoms with Crippen molar-refractivity contribution >= 4 is 5.78 Å². The smallest absolute Gasteiger partial charge is 0.163 e. The Labute approximate surface area is 112 Å². The molecule has 0 unspecified atom stereocenters. The Bertz CT molecular complexity index is 404. The van der Waals surface area contributed by atoms with Gasteiger partial charge < -0.3 is 0 Å². The van der Waals surface area contributed by atoms with Crippen molar-refractivity contribution in [3.8, 4) is 0 Å². The number of rotatable bonds is 7. The SMILES string of the molecule is CCCCCCCC(=O)c1cc(C)c(C)cc1C. The molecule has 0 N–H and O–H groups in total. The standard InChI is InChI=1S/C17H26O/c1-5-6-7-8-9-10-17(18)16-12-14(3)13(2)11-15(16)4/h11-12H,5-10H2,1-4H3. The number of hydrogen-bond acceptors (Lipinski definition) is 1. The predicted octanol–water partition coefficient (Wildman–Crippen LogP) is 5.16. The van der Waals surface area contributed by atoms with Crippen molar-refractivity contribution in [2.24, 2.45) is 0 Å². The highest BCUT2D eigenvalue weighted by Crippen LogP contribution is 2.18. The van der Waals surface area contributed by atoms with E-state index in [-0.39, 0.29) is 0 Å². The van der Waals surface area contributed by atoms with Gasteiger partial charge in [-0.15, -0.1) is 0 Å². The molecule has 0 aliphatic carbocycles. The summed E-state index contributed by atoms with van der Waals surface area (Å²) in [5.41, 5.74) is 4.53. The highest BCUT2D eigenvalue weighted by Gasteiger charge is 2.10. The maximum atomic E-state index is 12.2. The van der Waals surface area contributed by atoms with Crippen molar-refractivity contribution < 1.29 is 4.79 Å². The van der Waals surface area contributed by atoms with Crippen LogP contribution in [-0.4, -0.2) is 5.78 Å². The van der Waals surface area contributed by atoms with Gasteiger partial charge in [0.15, 0.2) is 5.78 Å². The number of hydrogen-bond donors (Lipinski definition) is 0. The van der Waals surface area contributed by atoms with Crippen molar-refractivity contribution in [2.45, 2.75) is 66.2 Å². The van der Waals surface area contributed by atoms with Gasteiger partial charge in [-0.3, -0.25) is 4.79 Å². The summed E-state index contributed by atoms with van der Waals surface area (Å²) in [7, 11) is 0. The zero-order chi connectivity index (χ0) is 13.5. The van der Waals surface area contributed by atoms with Gasteiger partial charge in [-0.2, -0.15) is 0 Å². The summed E-state index contributed by atoms with van der Waals surface area (Å²) < 4.78 is 0.